The van der Waals surface area contributed by atoms with Crippen LogP contribution in [0.1, 0.15) is 33.6 Å². The van der Waals surface area contributed by atoms with Gasteiger partial charge in [0.05, 0.1) is 15.6 Å². The molecule has 1 aliphatic heterocycles. The van der Waals surface area contributed by atoms with Crippen molar-refractivity contribution in [3.8, 4) is 0 Å². The Bertz CT molecular complexity index is 1100. The quantitative estimate of drug-likeness (QED) is 0.473. The molecule has 0 saturated carbocycles. The van der Waals surface area contributed by atoms with Gasteiger partial charge in [0.2, 0.25) is 0 Å². The summed E-state index contributed by atoms with van der Waals surface area (Å²) in [6.07, 6.45) is 7.08. The number of pyridine rings is 1. The second-order valence-electron chi connectivity index (χ2n) is 7.67. The number of H-pyrrole nitrogens is 1. The van der Waals surface area contributed by atoms with E-state index < -0.39 is 11.7 Å². The Morgan fingerprint density at radius 1 is 1.09 bits per heavy atom. The molecule has 2 amide bonds. The molecule has 32 heavy (non-hydrogen) atoms. The lowest BCUT2D eigenvalue weighted by Crippen LogP contribution is -2.38. The number of amides is 2. The molecule has 1 aromatic carbocycles. The van der Waals surface area contributed by atoms with Crippen LogP contribution in [0.3, 0.4) is 0 Å². The van der Waals surface area contributed by atoms with Gasteiger partial charge in [0, 0.05) is 43.9 Å². The molecule has 7 nitrogen and oxygen atoms in total. The molecule has 3 aromatic rings. The number of benzene rings is 1. The first kappa shape index (κ1) is 22.0. The van der Waals surface area contributed by atoms with Gasteiger partial charge in [0.25, 0.3) is 11.8 Å². The summed E-state index contributed by atoms with van der Waals surface area (Å²) >= 11 is 3.36. The maximum absolute atomic E-state index is 13.8. The van der Waals surface area contributed by atoms with Gasteiger partial charge < -0.3 is 20.5 Å². The Hall–Kier alpha value is -3.20. The first-order valence-corrected chi connectivity index (χ1v) is 11.2. The number of carbonyl (C=O) groups excluding carboxylic acids is 2. The molecule has 0 atom stereocenters. The lowest BCUT2D eigenvalue weighted by atomic mass is 9.96. The smallest absolute Gasteiger partial charge is 0.259 e. The number of nitrogens with zero attached hydrogens (tertiary/aromatic N) is 2. The Balaban J connectivity index is 1.30. The van der Waals surface area contributed by atoms with Gasteiger partial charge >= 0.3 is 0 Å². The van der Waals surface area contributed by atoms with E-state index in [2.05, 4.69) is 41.4 Å². The fourth-order valence-corrected chi connectivity index (χ4v) is 4.28. The van der Waals surface area contributed by atoms with Crippen molar-refractivity contribution in [2.75, 3.05) is 29.9 Å². The van der Waals surface area contributed by atoms with Gasteiger partial charge in [0.15, 0.2) is 0 Å². The molecule has 3 heterocycles. The molecule has 9 heteroatoms. The Morgan fingerprint density at radius 2 is 1.81 bits per heavy atom. The normalized spacial score (nSPS) is 14.2. The van der Waals surface area contributed by atoms with Crippen molar-refractivity contribution >= 4 is 39.2 Å². The second kappa shape index (κ2) is 9.95. The van der Waals surface area contributed by atoms with Crippen LogP contribution < -0.4 is 15.5 Å². The highest BCUT2D eigenvalue weighted by molar-refractivity contribution is 9.10. The lowest BCUT2D eigenvalue weighted by Gasteiger charge is -2.33. The third kappa shape index (κ3) is 4.99. The van der Waals surface area contributed by atoms with Crippen molar-refractivity contribution in [1.82, 2.24) is 15.3 Å². The van der Waals surface area contributed by atoms with Crippen LogP contribution in [-0.2, 0) is 0 Å². The number of carbonyl (C=O) groups is 2. The van der Waals surface area contributed by atoms with Crippen LogP contribution in [0.15, 0.2) is 59.5 Å². The fraction of sp³-hybridized carbons (Fsp3) is 0.261. The number of rotatable bonds is 6. The van der Waals surface area contributed by atoms with E-state index in [1.54, 1.807) is 18.5 Å². The van der Waals surface area contributed by atoms with Gasteiger partial charge in [0.1, 0.15) is 11.6 Å². The zero-order chi connectivity index (χ0) is 22.5. The van der Waals surface area contributed by atoms with E-state index in [-0.39, 0.29) is 11.5 Å². The predicted octanol–water partition coefficient (Wildman–Crippen LogP) is 4.21. The van der Waals surface area contributed by atoms with Crippen LogP contribution >= 0.6 is 15.9 Å². The highest BCUT2D eigenvalue weighted by atomic mass is 79.9. The van der Waals surface area contributed by atoms with Crippen molar-refractivity contribution in [2.45, 2.75) is 12.8 Å². The number of hydrogen-bond acceptors (Lipinski definition) is 4. The van der Waals surface area contributed by atoms with Crippen molar-refractivity contribution in [3.63, 3.8) is 0 Å². The highest BCUT2D eigenvalue weighted by Gasteiger charge is 2.22. The molecule has 0 radical (unpaired) electrons. The molecule has 1 aliphatic rings. The summed E-state index contributed by atoms with van der Waals surface area (Å²) in [5.41, 5.74) is 1.48. The molecule has 2 aromatic heterocycles. The molecule has 0 unspecified atom stereocenters. The molecule has 1 saturated heterocycles. The van der Waals surface area contributed by atoms with Crippen LogP contribution in [0.5, 0.6) is 0 Å². The van der Waals surface area contributed by atoms with Crippen molar-refractivity contribution in [3.05, 3.63) is 76.4 Å². The average molecular weight is 500 g/mol. The van der Waals surface area contributed by atoms with Crippen LogP contribution in [0, 0.1) is 11.7 Å². The van der Waals surface area contributed by atoms with E-state index in [1.807, 2.05) is 12.1 Å². The lowest BCUT2D eigenvalue weighted by molar-refractivity contribution is 0.0943. The average Bonchev–Trinajstić information content (AvgIpc) is 3.18. The highest BCUT2D eigenvalue weighted by Crippen LogP contribution is 2.27. The molecular formula is C23H23BrFN5O2. The van der Waals surface area contributed by atoms with E-state index in [1.165, 1.54) is 30.1 Å². The van der Waals surface area contributed by atoms with Gasteiger partial charge in [-0.05, 0) is 59.0 Å². The molecule has 4 rings (SSSR count). The molecule has 1 fully saturated rings. The van der Waals surface area contributed by atoms with Gasteiger partial charge in [-0.2, -0.15) is 0 Å². The number of halogens is 2. The Kier molecular flexibility index (Phi) is 6.84. The first-order chi connectivity index (χ1) is 15.5. The largest absolute Gasteiger partial charge is 0.371 e. The zero-order valence-electron chi connectivity index (χ0n) is 17.3. The number of hydrogen-bond donors (Lipinski definition) is 3. The van der Waals surface area contributed by atoms with Gasteiger partial charge in [-0.1, -0.05) is 12.1 Å². The molecule has 0 bridgehead atoms. The van der Waals surface area contributed by atoms with Crippen molar-refractivity contribution in [2.24, 2.45) is 5.92 Å². The SMILES string of the molecule is O=C(Nc1[nH]cc(C(=O)NCC2CCN(c3ccncc3)CC2)c1Br)c1ccccc1F. The fourth-order valence-electron chi connectivity index (χ4n) is 3.77. The Morgan fingerprint density at radius 3 is 2.53 bits per heavy atom. The summed E-state index contributed by atoms with van der Waals surface area (Å²) in [7, 11) is 0. The molecule has 0 spiro atoms. The van der Waals surface area contributed by atoms with Crippen molar-refractivity contribution < 1.29 is 14.0 Å². The third-order valence-corrected chi connectivity index (χ3v) is 6.44. The number of aromatic nitrogens is 2. The van der Waals surface area contributed by atoms with E-state index in [0.717, 1.165) is 25.9 Å². The van der Waals surface area contributed by atoms with Gasteiger partial charge in [-0.25, -0.2) is 4.39 Å². The minimum Gasteiger partial charge on any atom is -0.371 e. The molecular weight excluding hydrogens is 477 g/mol. The van der Waals surface area contributed by atoms with Crippen LogP contribution in [0.25, 0.3) is 0 Å². The summed E-state index contributed by atoms with van der Waals surface area (Å²) < 4.78 is 14.2. The summed E-state index contributed by atoms with van der Waals surface area (Å²) in [5, 5.41) is 5.58. The van der Waals surface area contributed by atoms with E-state index in [9.17, 15) is 14.0 Å². The zero-order valence-corrected chi connectivity index (χ0v) is 18.9. The predicted molar refractivity (Wildman–Crippen MR) is 124 cm³/mol. The molecule has 0 aliphatic carbocycles. The Labute approximate surface area is 193 Å². The minimum atomic E-state index is -0.611. The number of nitrogens with one attached hydrogen (secondary N) is 3. The van der Waals surface area contributed by atoms with E-state index in [0.29, 0.717) is 28.3 Å². The number of aromatic amines is 1. The van der Waals surface area contributed by atoms with Gasteiger partial charge in [-0.3, -0.25) is 14.6 Å². The topological polar surface area (TPSA) is 90.1 Å². The standard InChI is InChI=1S/C23H23BrFN5O2/c24-20-18(14-27-21(20)29-23(32)17-3-1-2-4-19(17)25)22(31)28-13-15-7-11-30(12-8-15)16-5-9-26-10-6-16/h1-6,9-10,14-15,27H,7-8,11-13H2,(H,28,31)(H,29,32). The van der Waals surface area contributed by atoms with Crippen molar-refractivity contribution in [1.29, 1.82) is 0 Å². The second-order valence-corrected chi connectivity index (χ2v) is 8.46. The minimum absolute atomic E-state index is 0.0712. The number of anilines is 2. The monoisotopic (exact) mass is 499 g/mol. The third-order valence-electron chi connectivity index (χ3n) is 5.61. The van der Waals surface area contributed by atoms with Crippen LogP contribution in [-0.4, -0.2) is 41.4 Å². The summed E-state index contributed by atoms with van der Waals surface area (Å²) in [6.45, 7) is 2.45. The van der Waals surface area contributed by atoms with E-state index >= 15 is 0 Å². The maximum atomic E-state index is 13.8. The molecule has 3 N–H and O–H groups in total. The van der Waals surface area contributed by atoms with Gasteiger partial charge in [-0.15, -0.1) is 0 Å². The molecule has 166 valence electrons. The summed E-state index contributed by atoms with van der Waals surface area (Å²) in [4.78, 5) is 34.2. The van der Waals surface area contributed by atoms with Crippen LogP contribution in [0.2, 0.25) is 0 Å². The van der Waals surface area contributed by atoms with E-state index in [4.69, 9.17) is 0 Å². The maximum Gasteiger partial charge on any atom is 0.259 e. The first-order valence-electron chi connectivity index (χ1n) is 10.4. The number of piperidine rings is 1. The summed E-state index contributed by atoms with van der Waals surface area (Å²) in [6, 6.07) is 9.74. The van der Waals surface area contributed by atoms with Crippen LogP contribution in [0.4, 0.5) is 15.9 Å². The summed E-state index contributed by atoms with van der Waals surface area (Å²) in [5.74, 6) is -0.751.